The Morgan fingerprint density at radius 1 is 1.47 bits per heavy atom. The van der Waals surface area contributed by atoms with Gasteiger partial charge in [0, 0.05) is 12.7 Å². The predicted octanol–water partition coefficient (Wildman–Crippen LogP) is 2.40. The first-order valence-corrected chi connectivity index (χ1v) is 5.29. The molecule has 0 aromatic carbocycles. The highest BCUT2D eigenvalue weighted by Gasteiger charge is 2.12. The van der Waals surface area contributed by atoms with Gasteiger partial charge in [-0.2, -0.15) is 0 Å². The molecule has 3 nitrogen and oxygen atoms in total. The first kappa shape index (κ1) is 11.8. The van der Waals surface area contributed by atoms with E-state index in [1.807, 2.05) is 23.7 Å². The van der Waals surface area contributed by atoms with Gasteiger partial charge in [0.25, 0.3) is 0 Å². The molecule has 0 radical (unpaired) electrons. The Hall–Kier alpha value is -1.25. The van der Waals surface area contributed by atoms with Crippen LogP contribution in [0.3, 0.4) is 0 Å². The number of hydrogen-bond acceptors (Lipinski definition) is 2. The van der Waals surface area contributed by atoms with Gasteiger partial charge in [-0.05, 0) is 30.9 Å². The fraction of sp³-hybridized carbons (Fsp3) is 0.583. The van der Waals surface area contributed by atoms with Gasteiger partial charge in [-0.1, -0.05) is 13.8 Å². The number of carbonyl (C=O) groups excluding carboxylic acids is 1. The Labute approximate surface area is 91.0 Å². The quantitative estimate of drug-likeness (QED) is 0.713. The molecule has 1 aromatic heterocycles. The highest BCUT2D eigenvalue weighted by Crippen LogP contribution is 2.13. The minimum absolute atomic E-state index is 0.270. The van der Waals surface area contributed by atoms with E-state index >= 15 is 0 Å². The van der Waals surface area contributed by atoms with Crippen molar-refractivity contribution in [2.75, 3.05) is 7.11 Å². The SMILES string of the molecule is COC(=O)c1ccc(CCC(C)C)n1C. The van der Waals surface area contributed by atoms with E-state index in [-0.39, 0.29) is 5.97 Å². The second-order valence-electron chi connectivity index (χ2n) is 4.19. The molecule has 0 N–H and O–H groups in total. The summed E-state index contributed by atoms with van der Waals surface area (Å²) in [6.45, 7) is 4.40. The van der Waals surface area contributed by atoms with Crippen LogP contribution in [0.15, 0.2) is 12.1 Å². The number of hydrogen-bond donors (Lipinski definition) is 0. The van der Waals surface area contributed by atoms with Crippen LogP contribution in [-0.4, -0.2) is 17.6 Å². The zero-order valence-electron chi connectivity index (χ0n) is 9.91. The summed E-state index contributed by atoms with van der Waals surface area (Å²) in [5.41, 5.74) is 1.81. The van der Waals surface area contributed by atoms with Crippen LogP contribution < -0.4 is 0 Å². The molecule has 0 spiro atoms. The van der Waals surface area contributed by atoms with E-state index in [2.05, 4.69) is 13.8 Å². The average Bonchev–Trinajstić information content (AvgIpc) is 2.56. The minimum atomic E-state index is -0.270. The number of aryl methyl sites for hydroxylation is 1. The Morgan fingerprint density at radius 3 is 2.67 bits per heavy atom. The molecule has 1 aromatic rings. The fourth-order valence-corrected chi connectivity index (χ4v) is 1.55. The van der Waals surface area contributed by atoms with Crippen LogP contribution in [0.1, 0.15) is 36.5 Å². The van der Waals surface area contributed by atoms with E-state index in [0.717, 1.165) is 12.8 Å². The van der Waals surface area contributed by atoms with E-state index in [4.69, 9.17) is 4.74 Å². The monoisotopic (exact) mass is 209 g/mol. The lowest BCUT2D eigenvalue weighted by Crippen LogP contribution is -2.09. The molecule has 84 valence electrons. The van der Waals surface area contributed by atoms with Gasteiger partial charge in [0.05, 0.1) is 7.11 Å². The van der Waals surface area contributed by atoms with Crippen LogP contribution in [-0.2, 0) is 18.2 Å². The lowest BCUT2D eigenvalue weighted by Gasteiger charge is -2.07. The van der Waals surface area contributed by atoms with Gasteiger partial charge in [-0.25, -0.2) is 4.79 Å². The van der Waals surface area contributed by atoms with Gasteiger partial charge in [0.2, 0.25) is 0 Å². The molecule has 15 heavy (non-hydrogen) atoms. The van der Waals surface area contributed by atoms with Crippen molar-refractivity contribution in [1.29, 1.82) is 0 Å². The second kappa shape index (κ2) is 5.01. The largest absolute Gasteiger partial charge is 0.464 e. The van der Waals surface area contributed by atoms with Gasteiger partial charge in [-0.3, -0.25) is 0 Å². The normalized spacial score (nSPS) is 10.7. The number of methoxy groups -OCH3 is 1. The minimum Gasteiger partial charge on any atom is -0.464 e. The Kier molecular flexibility index (Phi) is 3.95. The third-order valence-electron chi connectivity index (χ3n) is 2.60. The molecule has 1 rings (SSSR count). The number of esters is 1. The summed E-state index contributed by atoms with van der Waals surface area (Å²) in [6, 6.07) is 3.82. The van der Waals surface area contributed by atoms with Crippen molar-refractivity contribution in [3.8, 4) is 0 Å². The van der Waals surface area contributed by atoms with Crippen molar-refractivity contribution < 1.29 is 9.53 Å². The van der Waals surface area contributed by atoms with Gasteiger partial charge >= 0.3 is 5.97 Å². The van der Waals surface area contributed by atoms with Crippen molar-refractivity contribution in [2.45, 2.75) is 26.7 Å². The molecule has 0 unspecified atom stereocenters. The molecule has 0 saturated carbocycles. The Morgan fingerprint density at radius 2 is 2.13 bits per heavy atom. The number of nitrogens with zero attached hydrogens (tertiary/aromatic N) is 1. The molecule has 0 aliphatic heterocycles. The molecule has 0 aliphatic carbocycles. The van der Waals surface area contributed by atoms with Crippen LogP contribution in [0.25, 0.3) is 0 Å². The maximum Gasteiger partial charge on any atom is 0.354 e. The van der Waals surface area contributed by atoms with Crippen molar-refractivity contribution in [3.05, 3.63) is 23.5 Å². The zero-order chi connectivity index (χ0) is 11.4. The molecular formula is C12H19NO2. The summed E-state index contributed by atoms with van der Waals surface area (Å²) in [5.74, 6) is 0.412. The highest BCUT2D eigenvalue weighted by atomic mass is 16.5. The third-order valence-corrected chi connectivity index (χ3v) is 2.60. The molecule has 3 heteroatoms. The second-order valence-corrected chi connectivity index (χ2v) is 4.19. The lowest BCUT2D eigenvalue weighted by atomic mass is 10.1. The number of aromatic nitrogens is 1. The molecule has 1 heterocycles. The standard InChI is InChI=1S/C12H19NO2/c1-9(2)5-6-10-7-8-11(13(10)3)12(14)15-4/h7-9H,5-6H2,1-4H3. The molecule has 0 bridgehead atoms. The number of rotatable bonds is 4. The van der Waals surface area contributed by atoms with E-state index in [1.165, 1.54) is 12.8 Å². The van der Waals surface area contributed by atoms with Crippen molar-refractivity contribution >= 4 is 5.97 Å². The summed E-state index contributed by atoms with van der Waals surface area (Å²) < 4.78 is 6.61. The van der Waals surface area contributed by atoms with Crippen molar-refractivity contribution in [1.82, 2.24) is 4.57 Å². The molecule has 0 fully saturated rings. The first-order valence-electron chi connectivity index (χ1n) is 5.29. The highest BCUT2D eigenvalue weighted by molar-refractivity contribution is 5.87. The van der Waals surface area contributed by atoms with Crippen LogP contribution in [0, 0.1) is 5.92 Å². The van der Waals surface area contributed by atoms with E-state index in [9.17, 15) is 4.79 Å². The average molecular weight is 209 g/mol. The fourth-order valence-electron chi connectivity index (χ4n) is 1.55. The summed E-state index contributed by atoms with van der Waals surface area (Å²) in [6.07, 6.45) is 2.14. The summed E-state index contributed by atoms with van der Waals surface area (Å²) in [5, 5.41) is 0. The maximum atomic E-state index is 11.3. The summed E-state index contributed by atoms with van der Waals surface area (Å²) in [7, 11) is 3.31. The van der Waals surface area contributed by atoms with E-state index in [1.54, 1.807) is 0 Å². The predicted molar refractivity (Wildman–Crippen MR) is 59.9 cm³/mol. The van der Waals surface area contributed by atoms with Crippen LogP contribution >= 0.6 is 0 Å². The molecule has 0 atom stereocenters. The maximum absolute atomic E-state index is 11.3. The van der Waals surface area contributed by atoms with Gasteiger partial charge in [-0.15, -0.1) is 0 Å². The van der Waals surface area contributed by atoms with E-state index in [0.29, 0.717) is 11.6 Å². The topological polar surface area (TPSA) is 31.2 Å². The van der Waals surface area contributed by atoms with Crippen LogP contribution in [0.4, 0.5) is 0 Å². The van der Waals surface area contributed by atoms with Crippen LogP contribution in [0.2, 0.25) is 0 Å². The Bertz CT molecular complexity index is 339. The molecule has 0 aliphatic rings. The lowest BCUT2D eigenvalue weighted by molar-refractivity contribution is 0.0589. The van der Waals surface area contributed by atoms with Gasteiger partial charge < -0.3 is 9.30 Å². The number of ether oxygens (including phenoxy) is 1. The van der Waals surface area contributed by atoms with Gasteiger partial charge in [0.1, 0.15) is 5.69 Å². The first-order chi connectivity index (χ1) is 7.06. The molecular weight excluding hydrogens is 190 g/mol. The summed E-state index contributed by atoms with van der Waals surface area (Å²) in [4.78, 5) is 11.3. The van der Waals surface area contributed by atoms with Crippen molar-refractivity contribution in [2.24, 2.45) is 13.0 Å². The summed E-state index contributed by atoms with van der Waals surface area (Å²) >= 11 is 0. The van der Waals surface area contributed by atoms with Gasteiger partial charge in [0.15, 0.2) is 0 Å². The van der Waals surface area contributed by atoms with Crippen molar-refractivity contribution in [3.63, 3.8) is 0 Å². The molecule has 0 amide bonds. The van der Waals surface area contributed by atoms with Crippen LogP contribution in [0.5, 0.6) is 0 Å². The molecule has 0 saturated heterocycles. The smallest absolute Gasteiger partial charge is 0.354 e. The third kappa shape index (κ3) is 2.85. The number of carbonyl (C=O) groups is 1. The Balaban J connectivity index is 2.75. The zero-order valence-corrected chi connectivity index (χ0v) is 9.91. The van der Waals surface area contributed by atoms with E-state index < -0.39 is 0 Å².